The third-order valence-electron chi connectivity index (χ3n) is 3.79. The van der Waals surface area contributed by atoms with Crippen molar-refractivity contribution in [2.24, 2.45) is 0 Å². The number of nitrogens with zero attached hydrogens (tertiary/aromatic N) is 5. The summed E-state index contributed by atoms with van der Waals surface area (Å²) in [6, 6.07) is 2.37. The van der Waals surface area contributed by atoms with E-state index < -0.39 is 0 Å². The van der Waals surface area contributed by atoms with Gasteiger partial charge in [-0.25, -0.2) is 15.0 Å². The Morgan fingerprint density at radius 1 is 1.26 bits per heavy atom. The molecule has 2 atom stereocenters. The van der Waals surface area contributed by atoms with Crippen molar-refractivity contribution in [2.45, 2.75) is 39.4 Å². The predicted molar refractivity (Wildman–Crippen MR) is 91.1 cm³/mol. The van der Waals surface area contributed by atoms with Gasteiger partial charge in [0.2, 0.25) is 0 Å². The van der Waals surface area contributed by atoms with Crippen LogP contribution in [0.4, 0.5) is 0 Å². The number of thiazole rings is 1. The molecule has 0 amide bonds. The van der Waals surface area contributed by atoms with Crippen LogP contribution in [0.15, 0.2) is 36.2 Å². The fourth-order valence-corrected chi connectivity index (χ4v) is 2.99. The van der Waals surface area contributed by atoms with Crippen molar-refractivity contribution in [3.63, 3.8) is 0 Å². The van der Waals surface area contributed by atoms with Crippen LogP contribution in [0.5, 0.6) is 0 Å². The third kappa shape index (κ3) is 3.80. The highest BCUT2D eigenvalue weighted by atomic mass is 32.1. The van der Waals surface area contributed by atoms with E-state index in [0.29, 0.717) is 5.82 Å². The lowest BCUT2D eigenvalue weighted by Gasteiger charge is -2.21. The Labute approximate surface area is 139 Å². The van der Waals surface area contributed by atoms with Crippen molar-refractivity contribution >= 4 is 11.3 Å². The molecule has 3 rings (SSSR count). The van der Waals surface area contributed by atoms with Gasteiger partial charge in [0, 0.05) is 36.6 Å². The van der Waals surface area contributed by atoms with Gasteiger partial charge in [-0.05, 0) is 32.4 Å². The van der Waals surface area contributed by atoms with E-state index in [0.717, 1.165) is 17.2 Å². The number of rotatable bonds is 6. The third-order valence-corrected chi connectivity index (χ3v) is 4.67. The molecule has 0 saturated carbocycles. The van der Waals surface area contributed by atoms with Crippen LogP contribution in [0.1, 0.15) is 31.1 Å². The first kappa shape index (κ1) is 15.8. The number of hydrogen-bond acceptors (Lipinski definition) is 6. The molecule has 0 aliphatic heterocycles. The van der Waals surface area contributed by atoms with Crippen LogP contribution in [0, 0.1) is 6.92 Å². The van der Waals surface area contributed by atoms with Crippen LogP contribution in [0.25, 0.3) is 10.8 Å². The van der Waals surface area contributed by atoms with E-state index in [-0.39, 0.29) is 12.1 Å². The second-order valence-corrected chi connectivity index (χ2v) is 6.48. The largest absolute Gasteiger partial charge is 0.306 e. The summed E-state index contributed by atoms with van der Waals surface area (Å²) in [5.41, 5.74) is 2.18. The Morgan fingerprint density at radius 2 is 2.04 bits per heavy atom. The van der Waals surface area contributed by atoms with E-state index in [1.165, 1.54) is 5.56 Å². The quantitative estimate of drug-likeness (QED) is 0.753. The van der Waals surface area contributed by atoms with E-state index in [1.54, 1.807) is 29.8 Å². The first-order valence-electron chi connectivity index (χ1n) is 7.59. The van der Waals surface area contributed by atoms with E-state index in [9.17, 15) is 0 Å². The number of nitrogens with one attached hydrogen (secondary N) is 1. The minimum atomic E-state index is 0.277. The molecule has 1 N–H and O–H groups in total. The Hall–Kier alpha value is -2.12. The Morgan fingerprint density at radius 3 is 2.74 bits per heavy atom. The van der Waals surface area contributed by atoms with Crippen LogP contribution in [0.3, 0.4) is 0 Å². The molecule has 0 spiro atoms. The molecule has 2 unspecified atom stereocenters. The molecule has 0 radical (unpaired) electrons. The van der Waals surface area contributed by atoms with Gasteiger partial charge in [-0.1, -0.05) is 0 Å². The first-order valence-corrected chi connectivity index (χ1v) is 8.47. The number of hydrogen-bond donors (Lipinski definition) is 1. The molecule has 0 bridgehead atoms. The fraction of sp³-hybridized carbons (Fsp3) is 0.375. The van der Waals surface area contributed by atoms with Crippen LogP contribution in [0.2, 0.25) is 0 Å². The molecule has 3 aromatic heterocycles. The van der Waals surface area contributed by atoms with Crippen molar-refractivity contribution in [2.75, 3.05) is 0 Å². The highest BCUT2D eigenvalue weighted by Crippen LogP contribution is 2.20. The van der Waals surface area contributed by atoms with Gasteiger partial charge in [-0.3, -0.25) is 4.68 Å². The summed E-state index contributed by atoms with van der Waals surface area (Å²) in [6.07, 6.45) is 7.42. The van der Waals surface area contributed by atoms with Crippen molar-refractivity contribution < 1.29 is 0 Å². The molecule has 0 fully saturated rings. The molecule has 0 saturated heterocycles. The molecule has 0 aliphatic rings. The van der Waals surface area contributed by atoms with Gasteiger partial charge in [0.15, 0.2) is 10.8 Å². The summed E-state index contributed by atoms with van der Waals surface area (Å²) >= 11 is 1.57. The predicted octanol–water partition coefficient (Wildman–Crippen LogP) is 2.84. The molecule has 120 valence electrons. The molecular formula is C16H20N6S. The second kappa shape index (κ2) is 6.97. The van der Waals surface area contributed by atoms with Crippen LogP contribution < -0.4 is 5.32 Å². The van der Waals surface area contributed by atoms with Gasteiger partial charge in [-0.15, -0.1) is 11.3 Å². The number of aryl methyl sites for hydroxylation is 1. The lowest BCUT2D eigenvalue weighted by molar-refractivity contribution is 0.364. The number of aromatic nitrogens is 5. The average Bonchev–Trinajstić information content (AvgIpc) is 3.22. The van der Waals surface area contributed by atoms with Crippen molar-refractivity contribution in [3.05, 3.63) is 47.5 Å². The SMILES string of the molecule is Cc1cnn(C(C)C(C)NCc2csc(-c3ncccn3)n2)c1. The van der Waals surface area contributed by atoms with E-state index in [4.69, 9.17) is 0 Å². The standard InChI is InChI=1S/C16H20N6S/c1-11-7-20-22(9-11)13(3)12(2)19-8-14-10-23-16(21-14)15-17-5-4-6-18-15/h4-7,9-10,12-13,19H,8H2,1-3H3. The highest BCUT2D eigenvalue weighted by molar-refractivity contribution is 7.13. The Bertz CT molecular complexity index is 751. The summed E-state index contributed by atoms with van der Waals surface area (Å²) < 4.78 is 2.00. The second-order valence-electron chi connectivity index (χ2n) is 5.62. The summed E-state index contributed by atoms with van der Waals surface area (Å²) in [7, 11) is 0. The minimum Gasteiger partial charge on any atom is -0.306 e. The average molecular weight is 328 g/mol. The van der Waals surface area contributed by atoms with Gasteiger partial charge in [0.05, 0.1) is 17.9 Å². The van der Waals surface area contributed by atoms with Gasteiger partial charge >= 0.3 is 0 Å². The van der Waals surface area contributed by atoms with Gasteiger partial charge in [0.1, 0.15) is 0 Å². The maximum Gasteiger partial charge on any atom is 0.188 e. The van der Waals surface area contributed by atoms with Crippen LogP contribution in [-0.2, 0) is 6.54 Å². The smallest absolute Gasteiger partial charge is 0.188 e. The van der Waals surface area contributed by atoms with Gasteiger partial charge < -0.3 is 5.32 Å². The maximum absolute atomic E-state index is 4.60. The molecule has 0 aromatic carbocycles. The molecule has 3 aromatic rings. The van der Waals surface area contributed by atoms with E-state index >= 15 is 0 Å². The van der Waals surface area contributed by atoms with Gasteiger partial charge in [0.25, 0.3) is 0 Å². The molecule has 7 heteroatoms. The zero-order valence-electron chi connectivity index (χ0n) is 13.5. The maximum atomic E-state index is 4.60. The Balaban J connectivity index is 1.59. The molecule has 6 nitrogen and oxygen atoms in total. The summed E-state index contributed by atoms with van der Waals surface area (Å²) in [5.74, 6) is 0.678. The molecule has 3 heterocycles. The Kier molecular flexibility index (Phi) is 4.78. The topological polar surface area (TPSA) is 68.5 Å². The van der Waals surface area contributed by atoms with E-state index in [1.807, 2.05) is 16.3 Å². The van der Waals surface area contributed by atoms with Crippen LogP contribution >= 0.6 is 11.3 Å². The normalized spacial score (nSPS) is 13.9. The van der Waals surface area contributed by atoms with Crippen molar-refractivity contribution in [1.29, 1.82) is 0 Å². The lowest BCUT2D eigenvalue weighted by atomic mass is 10.1. The highest BCUT2D eigenvalue weighted by Gasteiger charge is 2.15. The minimum absolute atomic E-state index is 0.277. The summed E-state index contributed by atoms with van der Waals surface area (Å²) in [4.78, 5) is 13.1. The zero-order chi connectivity index (χ0) is 16.2. The van der Waals surface area contributed by atoms with Gasteiger partial charge in [-0.2, -0.15) is 5.10 Å². The molecule has 0 aliphatic carbocycles. The van der Waals surface area contributed by atoms with Crippen LogP contribution in [-0.4, -0.2) is 30.8 Å². The molecular weight excluding hydrogens is 308 g/mol. The summed E-state index contributed by atoms with van der Waals surface area (Å²) in [6.45, 7) is 7.09. The summed E-state index contributed by atoms with van der Waals surface area (Å²) in [5, 5.41) is 10.8. The van der Waals surface area contributed by atoms with Crippen molar-refractivity contribution in [3.8, 4) is 10.8 Å². The first-order chi connectivity index (χ1) is 11.1. The molecule has 23 heavy (non-hydrogen) atoms. The van der Waals surface area contributed by atoms with E-state index in [2.05, 4.69) is 52.3 Å². The zero-order valence-corrected chi connectivity index (χ0v) is 14.3. The van der Waals surface area contributed by atoms with Crippen molar-refractivity contribution in [1.82, 2.24) is 30.0 Å². The monoisotopic (exact) mass is 328 g/mol. The lowest BCUT2D eigenvalue weighted by Crippen LogP contribution is -2.33. The fourth-order valence-electron chi connectivity index (χ4n) is 2.22.